The highest BCUT2D eigenvalue weighted by Gasteiger charge is 2.42. The first-order valence-corrected chi connectivity index (χ1v) is 8.52. The van der Waals surface area contributed by atoms with Gasteiger partial charge in [0.05, 0.1) is 6.04 Å². The van der Waals surface area contributed by atoms with Crippen LogP contribution in [0.3, 0.4) is 0 Å². The van der Waals surface area contributed by atoms with Crippen LogP contribution < -0.4 is 5.32 Å². The van der Waals surface area contributed by atoms with Crippen molar-refractivity contribution >= 4 is 17.7 Å². The Labute approximate surface area is 114 Å². The summed E-state index contributed by atoms with van der Waals surface area (Å²) in [6, 6.07) is 1.29. The zero-order chi connectivity index (χ0) is 12.5. The molecular weight excluding hydrogens is 244 g/mol. The normalized spacial score (nSPS) is 36.6. The third-order valence-corrected chi connectivity index (χ3v) is 5.76. The molecule has 1 aliphatic heterocycles. The van der Waals surface area contributed by atoms with Crippen molar-refractivity contribution in [2.75, 3.05) is 12.3 Å². The summed E-state index contributed by atoms with van der Waals surface area (Å²) in [5.74, 6) is 1.56. The number of rotatable bonds is 5. The molecule has 0 spiro atoms. The minimum Gasteiger partial charge on any atom is -0.337 e. The van der Waals surface area contributed by atoms with Crippen molar-refractivity contribution in [1.29, 1.82) is 0 Å². The van der Waals surface area contributed by atoms with E-state index < -0.39 is 0 Å². The fourth-order valence-electron chi connectivity index (χ4n) is 3.39. The van der Waals surface area contributed by atoms with Gasteiger partial charge in [-0.15, -0.1) is 0 Å². The second-order valence-corrected chi connectivity index (χ2v) is 7.32. The quantitative estimate of drug-likeness (QED) is 0.828. The SMILES string of the molecule is CCSC1CCCC1N1CCC(NC2CC2)C1=O. The van der Waals surface area contributed by atoms with Crippen LogP contribution in [0, 0.1) is 0 Å². The maximum absolute atomic E-state index is 12.5. The number of amides is 1. The fraction of sp³-hybridized carbons (Fsp3) is 0.929. The second-order valence-electron chi connectivity index (χ2n) is 5.81. The lowest BCUT2D eigenvalue weighted by atomic mass is 10.2. The van der Waals surface area contributed by atoms with E-state index in [9.17, 15) is 4.79 Å². The second kappa shape index (κ2) is 5.41. The van der Waals surface area contributed by atoms with Crippen molar-refractivity contribution in [1.82, 2.24) is 10.2 Å². The van der Waals surface area contributed by atoms with E-state index in [2.05, 4.69) is 17.1 Å². The molecule has 3 atom stereocenters. The van der Waals surface area contributed by atoms with Crippen LogP contribution in [-0.2, 0) is 4.79 Å². The molecule has 1 heterocycles. The van der Waals surface area contributed by atoms with Crippen LogP contribution in [0.5, 0.6) is 0 Å². The fourth-order valence-corrected chi connectivity index (χ4v) is 4.66. The minimum atomic E-state index is 0.130. The average molecular weight is 268 g/mol. The van der Waals surface area contributed by atoms with E-state index in [1.165, 1.54) is 37.9 Å². The first kappa shape index (κ1) is 12.8. The molecule has 18 heavy (non-hydrogen) atoms. The number of thioether (sulfide) groups is 1. The van der Waals surface area contributed by atoms with Gasteiger partial charge in [0, 0.05) is 23.9 Å². The molecule has 3 unspecified atom stereocenters. The van der Waals surface area contributed by atoms with Crippen LogP contribution in [0.4, 0.5) is 0 Å². The first-order chi connectivity index (χ1) is 8.79. The number of nitrogens with zero attached hydrogens (tertiary/aromatic N) is 1. The van der Waals surface area contributed by atoms with Crippen molar-refractivity contribution in [3.05, 3.63) is 0 Å². The van der Waals surface area contributed by atoms with Gasteiger partial charge >= 0.3 is 0 Å². The first-order valence-electron chi connectivity index (χ1n) is 7.47. The molecule has 1 saturated heterocycles. The topological polar surface area (TPSA) is 32.3 Å². The summed E-state index contributed by atoms with van der Waals surface area (Å²) in [7, 11) is 0. The predicted molar refractivity (Wildman–Crippen MR) is 75.8 cm³/mol. The smallest absolute Gasteiger partial charge is 0.240 e. The van der Waals surface area contributed by atoms with Crippen LogP contribution in [-0.4, -0.2) is 46.5 Å². The molecule has 0 aromatic rings. The number of carbonyl (C=O) groups is 1. The van der Waals surface area contributed by atoms with Gasteiger partial charge in [0.15, 0.2) is 0 Å². The number of hydrogen-bond acceptors (Lipinski definition) is 3. The van der Waals surface area contributed by atoms with Gasteiger partial charge in [0.25, 0.3) is 0 Å². The van der Waals surface area contributed by atoms with Gasteiger partial charge in [-0.2, -0.15) is 11.8 Å². The van der Waals surface area contributed by atoms with Crippen molar-refractivity contribution in [3.63, 3.8) is 0 Å². The minimum absolute atomic E-state index is 0.130. The number of nitrogens with one attached hydrogen (secondary N) is 1. The van der Waals surface area contributed by atoms with Gasteiger partial charge in [-0.05, 0) is 37.9 Å². The Balaban J connectivity index is 1.60. The highest BCUT2D eigenvalue weighted by Crippen LogP contribution is 2.35. The lowest BCUT2D eigenvalue weighted by Crippen LogP contribution is -2.45. The summed E-state index contributed by atoms with van der Waals surface area (Å²) >= 11 is 2.05. The summed E-state index contributed by atoms with van der Waals surface area (Å²) in [4.78, 5) is 14.7. The van der Waals surface area contributed by atoms with Gasteiger partial charge < -0.3 is 10.2 Å². The molecule has 3 aliphatic rings. The van der Waals surface area contributed by atoms with Crippen LogP contribution in [0.2, 0.25) is 0 Å². The van der Waals surface area contributed by atoms with E-state index in [4.69, 9.17) is 0 Å². The van der Waals surface area contributed by atoms with Gasteiger partial charge in [-0.25, -0.2) is 0 Å². The maximum Gasteiger partial charge on any atom is 0.240 e. The van der Waals surface area contributed by atoms with E-state index in [1.807, 2.05) is 11.8 Å². The Morgan fingerprint density at radius 1 is 1.28 bits per heavy atom. The molecule has 0 aromatic heterocycles. The van der Waals surface area contributed by atoms with Crippen LogP contribution in [0.15, 0.2) is 0 Å². The summed E-state index contributed by atoms with van der Waals surface area (Å²) < 4.78 is 0. The van der Waals surface area contributed by atoms with Crippen molar-refractivity contribution in [2.45, 2.75) is 68.8 Å². The Morgan fingerprint density at radius 2 is 2.11 bits per heavy atom. The van der Waals surface area contributed by atoms with Crippen LogP contribution in [0.25, 0.3) is 0 Å². The molecule has 0 bridgehead atoms. The van der Waals surface area contributed by atoms with Crippen molar-refractivity contribution in [2.24, 2.45) is 0 Å². The van der Waals surface area contributed by atoms with Crippen molar-refractivity contribution in [3.8, 4) is 0 Å². The molecule has 3 fully saturated rings. The van der Waals surface area contributed by atoms with E-state index in [0.29, 0.717) is 23.2 Å². The Hall–Kier alpha value is -0.220. The van der Waals surface area contributed by atoms with E-state index in [1.54, 1.807) is 0 Å². The molecule has 0 aromatic carbocycles. The summed E-state index contributed by atoms with van der Waals surface area (Å²) in [5, 5.41) is 4.20. The number of hydrogen-bond donors (Lipinski definition) is 1. The van der Waals surface area contributed by atoms with Gasteiger partial charge in [-0.1, -0.05) is 13.3 Å². The zero-order valence-corrected chi connectivity index (χ0v) is 12.0. The van der Waals surface area contributed by atoms with E-state index in [-0.39, 0.29) is 6.04 Å². The molecule has 2 aliphatic carbocycles. The summed E-state index contributed by atoms with van der Waals surface area (Å²) in [6.07, 6.45) is 7.37. The lowest BCUT2D eigenvalue weighted by Gasteiger charge is -2.29. The van der Waals surface area contributed by atoms with Crippen LogP contribution in [0.1, 0.15) is 45.4 Å². The lowest BCUT2D eigenvalue weighted by molar-refractivity contribution is -0.131. The standard InChI is InChI=1S/C14H24N2OS/c1-2-18-13-5-3-4-12(13)16-9-8-11(14(16)17)15-10-6-7-10/h10-13,15H,2-9H2,1H3. The number of likely N-dealkylation sites (tertiary alicyclic amines) is 1. The molecule has 102 valence electrons. The predicted octanol–water partition coefficient (Wildman–Crippen LogP) is 2.01. The number of carbonyl (C=O) groups excluding carboxylic acids is 1. The molecule has 4 heteroatoms. The zero-order valence-electron chi connectivity index (χ0n) is 11.2. The maximum atomic E-state index is 12.5. The highest BCUT2D eigenvalue weighted by atomic mass is 32.2. The Kier molecular flexibility index (Phi) is 3.85. The molecular formula is C14H24N2OS. The summed E-state index contributed by atoms with van der Waals surface area (Å²) in [6.45, 7) is 3.21. The molecule has 3 nitrogen and oxygen atoms in total. The van der Waals surface area contributed by atoms with Gasteiger partial charge in [0.2, 0.25) is 5.91 Å². The third-order valence-electron chi connectivity index (χ3n) is 4.45. The monoisotopic (exact) mass is 268 g/mol. The Bertz CT molecular complexity index is 319. The third kappa shape index (κ3) is 2.55. The van der Waals surface area contributed by atoms with E-state index >= 15 is 0 Å². The van der Waals surface area contributed by atoms with Gasteiger partial charge in [0.1, 0.15) is 0 Å². The van der Waals surface area contributed by atoms with Crippen molar-refractivity contribution < 1.29 is 4.79 Å². The molecule has 1 amide bonds. The molecule has 3 rings (SSSR count). The average Bonchev–Trinajstić information content (AvgIpc) is 2.95. The molecule has 2 saturated carbocycles. The highest BCUT2D eigenvalue weighted by molar-refractivity contribution is 7.99. The van der Waals surface area contributed by atoms with Crippen LogP contribution >= 0.6 is 11.8 Å². The Morgan fingerprint density at radius 3 is 2.83 bits per heavy atom. The largest absolute Gasteiger partial charge is 0.337 e. The molecule has 0 radical (unpaired) electrons. The van der Waals surface area contributed by atoms with E-state index in [0.717, 1.165) is 13.0 Å². The van der Waals surface area contributed by atoms with Gasteiger partial charge in [-0.3, -0.25) is 4.79 Å². The summed E-state index contributed by atoms with van der Waals surface area (Å²) in [5.41, 5.74) is 0. The molecule has 1 N–H and O–H groups in total.